The molecule has 1 saturated heterocycles. The molecule has 29 heavy (non-hydrogen) atoms. The molecule has 7 nitrogen and oxygen atoms in total. The van der Waals surface area contributed by atoms with E-state index in [4.69, 9.17) is 9.15 Å². The number of methoxy groups -OCH3 is 1. The average Bonchev–Trinajstić information content (AvgIpc) is 3.38. The maximum absolute atomic E-state index is 13.2. The molecule has 1 aliphatic rings. The Bertz CT molecular complexity index is 838. The van der Waals surface area contributed by atoms with Crippen molar-refractivity contribution in [3.05, 3.63) is 35.4 Å². The second-order valence-corrected chi connectivity index (χ2v) is 7.33. The third kappa shape index (κ3) is 5.86. The van der Waals surface area contributed by atoms with Crippen LogP contribution >= 0.6 is 11.8 Å². The van der Waals surface area contributed by atoms with Gasteiger partial charge in [0, 0.05) is 32.8 Å². The van der Waals surface area contributed by atoms with Crippen molar-refractivity contribution < 1.29 is 27.1 Å². The van der Waals surface area contributed by atoms with E-state index in [0.717, 1.165) is 30.7 Å². The summed E-state index contributed by atoms with van der Waals surface area (Å²) in [5.74, 6) is 0.663. The van der Waals surface area contributed by atoms with Crippen LogP contribution < -0.4 is 10.2 Å². The van der Waals surface area contributed by atoms with Crippen molar-refractivity contribution in [3.63, 3.8) is 0 Å². The van der Waals surface area contributed by atoms with Gasteiger partial charge in [0.2, 0.25) is 0 Å². The van der Waals surface area contributed by atoms with Crippen LogP contribution in [0.5, 0.6) is 0 Å². The predicted molar refractivity (Wildman–Crippen MR) is 101 cm³/mol. The molecule has 0 saturated carbocycles. The molecule has 3 rings (SSSR count). The van der Waals surface area contributed by atoms with Gasteiger partial charge in [-0.05, 0) is 25.0 Å². The summed E-state index contributed by atoms with van der Waals surface area (Å²) in [6, 6.07) is 4.11. The Morgan fingerprint density at radius 3 is 2.76 bits per heavy atom. The lowest BCUT2D eigenvalue weighted by atomic mass is 10.3. The van der Waals surface area contributed by atoms with Crippen LogP contribution in [-0.2, 0) is 16.7 Å². The first-order valence-electron chi connectivity index (χ1n) is 9.06. The number of nitrogens with one attached hydrogen (secondary N) is 1. The molecule has 2 aromatic rings. The number of thioether (sulfide) groups is 1. The van der Waals surface area contributed by atoms with E-state index in [9.17, 15) is 18.0 Å². The van der Waals surface area contributed by atoms with Gasteiger partial charge in [-0.1, -0.05) is 11.8 Å². The van der Waals surface area contributed by atoms with Crippen molar-refractivity contribution >= 4 is 23.5 Å². The van der Waals surface area contributed by atoms with Crippen LogP contribution in [0.25, 0.3) is 0 Å². The van der Waals surface area contributed by atoms with Gasteiger partial charge in [-0.2, -0.15) is 13.2 Å². The van der Waals surface area contributed by atoms with Crippen LogP contribution in [0.2, 0.25) is 0 Å². The number of amides is 1. The zero-order valence-electron chi connectivity index (χ0n) is 15.8. The number of aromatic nitrogens is 2. The monoisotopic (exact) mass is 430 g/mol. The second-order valence-electron chi connectivity index (χ2n) is 6.39. The fourth-order valence-corrected chi connectivity index (χ4v) is 3.55. The number of rotatable bonds is 8. The Labute approximate surface area is 170 Å². The molecule has 0 aliphatic carbocycles. The molecule has 0 unspecified atom stereocenters. The summed E-state index contributed by atoms with van der Waals surface area (Å²) in [7, 11) is 1.53. The zero-order valence-corrected chi connectivity index (χ0v) is 16.6. The average molecular weight is 430 g/mol. The van der Waals surface area contributed by atoms with Gasteiger partial charge in [0.1, 0.15) is 11.6 Å². The van der Waals surface area contributed by atoms with Crippen LogP contribution in [0, 0.1) is 0 Å². The number of alkyl halides is 3. The van der Waals surface area contributed by atoms with E-state index in [1.165, 1.54) is 13.2 Å². The number of hydrogen-bond donors (Lipinski definition) is 1. The molecule has 158 valence electrons. The summed E-state index contributed by atoms with van der Waals surface area (Å²) in [4.78, 5) is 21.7. The molecule has 0 bridgehead atoms. The van der Waals surface area contributed by atoms with Crippen LogP contribution in [0.15, 0.2) is 27.8 Å². The van der Waals surface area contributed by atoms with Crippen LogP contribution in [0.4, 0.5) is 19.0 Å². The van der Waals surface area contributed by atoms with E-state index >= 15 is 0 Å². The van der Waals surface area contributed by atoms with Crippen molar-refractivity contribution in [2.45, 2.75) is 29.9 Å². The predicted octanol–water partition coefficient (Wildman–Crippen LogP) is 3.36. The number of anilines is 1. The molecule has 0 atom stereocenters. The SMILES string of the molecule is COCCNC(=O)c1ccc(CSc2nc(N3CCCC3)cc(C(F)(F)F)n2)o1. The van der Waals surface area contributed by atoms with Crippen molar-refractivity contribution in [1.29, 1.82) is 0 Å². The molecule has 1 N–H and O–H groups in total. The van der Waals surface area contributed by atoms with E-state index < -0.39 is 11.9 Å². The number of carbonyl (C=O) groups excluding carboxylic acids is 1. The van der Waals surface area contributed by atoms with Gasteiger partial charge in [-0.15, -0.1) is 0 Å². The van der Waals surface area contributed by atoms with E-state index in [2.05, 4.69) is 15.3 Å². The number of halogens is 3. The summed E-state index contributed by atoms with van der Waals surface area (Å²) in [5, 5.41) is 2.65. The van der Waals surface area contributed by atoms with Crippen LogP contribution in [0.3, 0.4) is 0 Å². The van der Waals surface area contributed by atoms with Gasteiger partial charge in [-0.3, -0.25) is 4.79 Å². The van der Waals surface area contributed by atoms with Crippen LogP contribution in [-0.4, -0.2) is 49.2 Å². The number of nitrogens with zero attached hydrogens (tertiary/aromatic N) is 3. The van der Waals surface area contributed by atoms with E-state index in [0.29, 0.717) is 32.0 Å². The van der Waals surface area contributed by atoms with E-state index in [1.807, 2.05) is 4.90 Å². The van der Waals surface area contributed by atoms with E-state index in [1.54, 1.807) is 6.07 Å². The minimum absolute atomic E-state index is 0.0178. The van der Waals surface area contributed by atoms with Gasteiger partial charge in [-0.25, -0.2) is 9.97 Å². The number of carbonyl (C=O) groups is 1. The minimum atomic E-state index is -4.55. The first-order valence-corrected chi connectivity index (χ1v) is 10.1. The number of hydrogen-bond acceptors (Lipinski definition) is 7. The first kappa shape index (κ1) is 21.4. The molecule has 0 aromatic carbocycles. The summed E-state index contributed by atoms with van der Waals surface area (Å²) >= 11 is 1.03. The Morgan fingerprint density at radius 1 is 1.31 bits per heavy atom. The Balaban J connectivity index is 1.68. The molecule has 0 radical (unpaired) electrons. The fraction of sp³-hybridized carbons (Fsp3) is 0.500. The van der Waals surface area contributed by atoms with Crippen molar-refractivity contribution in [3.8, 4) is 0 Å². The highest BCUT2D eigenvalue weighted by Gasteiger charge is 2.34. The molecule has 1 aliphatic heterocycles. The zero-order chi connectivity index (χ0) is 20.9. The fourth-order valence-electron chi connectivity index (χ4n) is 2.80. The lowest BCUT2D eigenvalue weighted by Crippen LogP contribution is -2.26. The highest BCUT2D eigenvalue weighted by Crippen LogP contribution is 2.33. The largest absolute Gasteiger partial charge is 0.455 e. The summed E-state index contributed by atoms with van der Waals surface area (Å²) < 4.78 is 50.0. The smallest absolute Gasteiger partial charge is 0.433 e. The molecule has 2 aromatic heterocycles. The van der Waals surface area contributed by atoms with Crippen molar-refractivity contribution in [2.75, 3.05) is 38.3 Å². The van der Waals surface area contributed by atoms with E-state index in [-0.39, 0.29) is 28.4 Å². The van der Waals surface area contributed by atoms with Gasteiger partial charge >= 0.3 is 6.18 Å². The topological polar surface area (TPSA) is 80.5 Å². The van der Waals surface area contributed by atoms with Crippen molar-refractivity contribution in [1.82, 2.24) is 15.3 Å². The Kier molecular flexibility index (Phi) is 7.01. The van der Waals surface area contributed by atoms with Gasteiger partial charge in [0.15, 0.2) is 16.6 Å². The number of ether oxygens (including phenoxy) is 1. The molecular formula is C18H21F3N4O3S. The maximum atomic E-state index is 13.2. The molecule has 11 heteroatoms. The standard InChI is InChI=1S/C18H21F3N4O3S/c1-27-9-6-22-16(26)13-5-4-12(28-13)11-29-17-23-14(18(19,20)21)10-15(24-17)25-7-2-3-8-25/h4-5,10H,2-3,6-9,11H2,1H3,(H,22,26). The molecule has 1 fully saturated rings. The quantitative estimate of drug-likeness (QED) is 0.391. The summed E-state index contributed by atoms with van der Waals surface area (Å²) in [6.45, 7) is 2.08. The third-order valence-electron chi connectivity index (χ3n) is 4.23. The van der Waals surface area contributed by atoms with Gasteiger partial charge in [0.25, 0.3) is 5.91 Å². The normalized spacial score (nSPS) is 14.4. The number of furan rings is 1. The van der Waals surface area contributed by atoms with Crippen molar-refractivity contribution in [2.24, 2.45) is 0 Å². The molecule has 3 heterocycles. The summed E-state index contributed by atoms with van der Waals surface area (Å²) in [5.41, 5.74) is -0.963. The maximum Gasteiger partial charge on any atom is 0.433 e. The van der Waals surface area contributed by atoms with Crippen LogP contribution in [0.1, 0.15) is 34.9 Å². The first-order chi connectivity index (χ1) is 13.9. The molecule has 0 spiro atoms. The highest BCUT2D eigenvalue weighted by molar-refractivity contribution is 7.98. The Hall–Kier alpha value is -2.27. The summed E-state index contributed by atoms with van der Waals surface area (Å²) in [6.07, 6.45) is -2.70. The van der Waals surface area contributed by atoms with Gasteiger partial charge in [0.05, 0.1) is 12.4 Å². The minimum Gasteiger partial charge on any atom is -0.455 e. The highest BCUT2D eigenvalue weighted by atomic mass is 32.2. The lowest BCUT2D eigenvalue weighted by Gasteiger charge is -2.18. The second kappa shape index (κ2) is 9.49. The molecular weight excluding hydrogens is 409 g/mol. The van der Waals surface area contributed by atoms with Gasteiger partial charge < -0.3 is 19.4 Å². The third-order valence-corrected chi connectivity index (χ3v) is 5.10. The molecule has 1 amide bonds. The lowest BCUT2D eigenvalue weighted by molar-refractivity contribution is -0.141. The Morgan fingerprint density at radius 2 is 2.07 bits per heavy atom.